The van der Waals surface area contributed by atoms with Gasteiger partial charge in [-0.2, -0.15) is 0 Å². The van der Waals surface area contributed by atoms with Crippen molar-refractivity contribution in [1.29, 1.82) is 0 Å². The third kappa shape index (κ3) is 4.89. The van der Waals surface area contributed by atoms with Crippen LogP contribution in [0, 0.1) is 0 Å². The quantitative estimate of drug-likeness (QED) is 0.800. The molecule has 1 rings (SSSR count). The highest BCUT2D eigenvalue weighted by Gasteiger charge is 2.17. The Morgan fingerprint density at radius 2 is 2.16 bits per heavy atom. The molecule has 0 aliphatic heterocycles. The molecule has 0 aromatic heterocycles. The number of amides is 1. The van der Waals surface area contributed by atoms with E-state index in [0.29, 0.717) is 19.6 Å². The molecule has 1 aromatic rings. The molecule has 0 aliphatic rings. The molecule has 106 valence electrons. The molecule has 0 saturated carbocycles. The number of hydrogen-bond donors (Lipinski definition) is 1. The van der Waals surface area contributed by atoms with Gasteiger partial charge < -0.3 is 20.1 Å². The molecule has 5 heteroatoms. The van der Waals surface area contributed by atoms with Crippen molar-refractivity contribution in [1.82, 2.24) is 4.90 Å². The largest absolute Gasteiger partial charge is 0.497 e. The Hall–Kier alpha value is -1.59. The number of benzene rings is 1. The summed E-state index contributed by atoms with van der Waals surface area (Å²) >= 11 is 0. The maximum absolute atomic E-state index is 12.0. The topological polar surface area (TPSA) is 64.8 Å². The van der Waals surface area contributed by atoms with Crippen LogP contribution in [0.25, 0.3) is 0 Å². The molecule has 0 radical (unpaired) electrons. The van der Waals surface area contributed by atoms with E-state index in [-0.39, 0.29) is 5.91 Å². The number of carbonyl (C=O) groups excluding carboxylic acids is 1. The van der Waals surface area contributed by atoms with E-state index in [9.17, 15) is 4.79 Å². The zero-order valence-electron chi connectivity index (χ0n) is 11.8. The van der Waals surface area contributed by atoms with Gasteiger partial charge in [0, 0.05) is 27.3 Å². The Morgan fingerprint density at radius 1 is 1.42 bits per heavy atom. The lowest BCUT2D eigenvalue weighted by atomic mass is 10.1. The van der Waals surface area contributed by atoms with Crippen LogP contribution < -0.4 is 10.5 Å². The van der Waals surface area contributed by atoms with Crippen LogP contribution in [0.1, 0.15) is 12.0 Å². The van der Waals surface area contributed by atoms with E-state index < -0.39 is 6.04 Å². The SMILES string of the molecule is COCCC(N)C(=O)N(C)Cc1cccc(OC)c1. The van der Waals surface area contributed by atoms with Gasteiger partial charge in [-0.15, -0.1) is 0 Å². The Kier molecular flexibility index (Phi) is 6.32. The zero-order chi connectivity index (χ0) is 14.3. The van der Waals surface area contributed by atoms with E-state index in [0.717, 1.165) is 11.3 Å². The minimum Gasteiger partial charge on any atom is -0.497 e. The second-order valence-electron chi connectivity index (χ2n) is 4.43. The number of methoxy groups -OCH3 is 2. The van der Waals surface area contributed by atoms with E-state index in [1.54, 1.807) is 26.2 Å². The Morgan fingerprint density at radius 3 is 2.79 bits per heavy atom. The molecule has 0 saturated heterocycles. The van der Waals surface area contributed by atoms with Crippen LogP contribution in [0.5, 0.6) is 5.75 Å². The van der Waals surface area contributed by atoms with Gasteiger partial charge in [0.2, 0.25) is 5.91 Å². The second-order valence-corrected chi connectivity index (χ2v) is 4.43. The first-order valence-corrected chi connectivity index (χ1v) is 6.21. The van der Waals surface area contributed by atoms with Crippen LogP contribution >= 0.6 is 0 Å². The average Bonchev–Trinajstić information content (AvgIpc) is 2.43. The van der Waals surface area contributed by atoms with E-state index >= 15 is 0 Å². The van der Waals surface area contributed by atoms with Crippen LogP contribution in [-0.2, 0) is 16.1 Å². The first kappa shape index (κ1) is 15.5. The predicted octanol–water partition coefficient (Wildman–Crippen LogP) is 1.02. The number of nitrogens with two attached hydrogens (primary N) is 1. The first-order chi connectivity index (χ1) is 9.08. The fourth-order valence-electron chi connectivity index (χ4n) is 1.77. The third-order valence-corrected chi connectivity index (χ3v) is 2.88. The van der Waals surface area contributed by atoms with Gasteiger partial charge in [0.25, 0.3) is 0 Å². The van der Waals surface area contributed by atoms with Gasteiger partial charge in [0.1, 0.15) is 5.75 Å². The molecule has 1 aromatic carbocycles. The molecule has 0 fully saturated rings. The van der Waals surface area contributed by atoms with Crippen molar-refractivity contribution in [3.05, 3.63) is 29.8 Å². The van der Waals surface area contributed by atoms with Crippen LogP contribution in [-0.4, -0.2) is 44.7 Å². The Balaban J connectivity index is 2.57. The lowest BCUT2D eigenvalue weighted by Gasteiger charge is -2.21. The summed E-state index contributed by atoms with van der Waals surface area (Å²) in [6.07, 6.45) is 0.526. The van der Waals surface area contributed by atoms with Crippen molar-refractivity contribution >= 4 is 5.91 Å². The minimum absolute atomic E-state index is 0.0835. The fourth-order valence-corrected chi connectivity index (χ4v) is 1.77. The minimum atomic E-state index is -0.518. The van der Waals surface area contributed by atoms with E-state index in [4.69, 9.17) is 15.2 Å². The number of hydrogen-bond acceptors (Lipinski definition) is 4. The van der Waals surface area contributed by atoms with E-state index in [1.165, 1.54) is 0 Å². The van der Waals surface area contributed by atoms with Gasteiger partial charge >= 0.3 is 0 Å². The van der Waals surface area contributed by atoms with Crippen LogP contribution in [0.2, 0.25) is 0 Å². The number of likely N-dealkylation sites (N-methyl/N-ethyl adjacent to an activating group) is 1. The summed E-state index contributed by atoms with van der Waals surface area (Å²) in [5.41, 5.74) is 6.83. The van der Waals surface area contributed by atoms with Gasteiger partial charge in [-0.25, -0.2) is 0 Å². The smallest absolute Gasteiger partial charge is 0.239 e. The molecular weight excluding hydrogens is 244 g/mol. The van der Waals surface area contributed by atoms with Gasteiger partial charge in [0.15, 0.2) is 0 Å². The van der Waals surface area contributed by atoms with E-state index in [1.807, 2.05) is 24.3 Å². The number of nitrogens with zero attached hydrogens (tertiary/aromatic N) is 1. The molecule has 0 heterocycles. The zero-order valence-corrected chi connectivity index (χ0v) is 11.8. The van der Waals surface area contributed by atoms with Crippen LogP contribution in [0.3, 0.4) is 0 Å². The van der Waals surface area contributed by atoms with Crippen LogP contribution in [0.15, 0.2) is 24.3 Å². The monoisotopic (exact) mass is 266 g/mol. The van der Waals surface area contributed by atoms with Gasteiger partial charge in [-0.05, 0) is 24.1 Å². The summed E-state index contributed by atoms with van der Waals surface area (Å²) in [6, 6.07) is 7.11. The molecule has 5 nitrogen and oxygen atoms in total. The van der Waals surface area contributed by atoms with Gasteiger partial charge in [-0.1, -0.05) is 12.1 Å². The van der Waals surface area contributed by atoms with Crippen molar-refractivity contribution in [3.63, 3.8) is 0 Å². The molecule has 0 spiro atoms. The fraction of sp³-hybridized carbons (Fsp3) is 0.500. The van der Waals surface area contributed by atoms with Gasteiger partial charge in [-0.3, -0.25) is 4.79 Å². The molecule has 2 N–H and O–H groups in total. The van der Waals surface area contributed by atoms with E-state index in [2.05, 4.69) is 0 Å². The molecular formula is C14H22N2O3. The Labute approximate surface area is 114 Å². The summed E-state index contributed by atoms with van der Waals surface area (Å²) < 4.78 is 10.1. The maximum atomic E-state index is 12.0. The summed E-state index contributed by atoms with van der Waals surface area (Å²) in [7, 11) is 4.96. The second kappa shape index (κ2) is 7.76. The Bertz CT molecular complexity index is 409. The number of carbonyl (C=O) groups is 1. The summed E-state index contributed by atoms with van der Waals surface area (Å²) in [6.45, 7) is 0.997. The highest BCUT2D eigenvalue weighted by Crippen LogP contribution is 2.14. The maximum Gasteiger partial charge on any atom is 0.239 e. The third-order valence-electron chi connectivity index (χ3n) is 2.88. The normalized spacial score (nSPS) is 12.0. The molecule has 1 unspecified atom stereocenters. The number of ether oxygens (including phenoxy) is 2. The number of rotatable bonds is 7. The van der Waals surface area contributed by atoms with Crippen molar-refractivity contribution in [2.45, 2.75) is 19.0 Å². The van der Waals surface area contributed by atoms with Crippen molar-refractivity contribution in [2.75, 3.05) is 27.9 Å². The van der Waals surface area contributed by atoms with Crippen molar-refractivity contribution < 1.29 is 14.3 Å². The lowest BCUT2D eigenvalue weighted by Crippen LogP contribution is -2.42. The summed E-state index contributed by atoms with van der Waals surface area (Å²) in [5, 5.41) is 0. The predicted molar refractivity (Wildman–Crippen MR) is 73.9 cm³/mol. The van der Waals surface area contributed by atoms with Crippen molar-refractivity contribution in [3.8, 4) is 5.75 Å². The summed E-state index contributed by atoms with van der Waals surface area (Å²) in [5.74, 6) is 0.696. The molecule has 1 amide bonds. The highest BCUT2D eigenvalue weighted by molar-refractivity contribution is 5.81. The summed E-state index contributed by atoms with van der Waals surface area (Å²) in [4.78, 5) is 13.6. The highest BCUT2D eigenvalue weighted by atomic mass is 16.5. The molecule has 0 aliphatic carbocycles. The molecule has 1 atom stereocenters. The standard InChI is InChI=1S/C14H22N2O3/c1-16(14(17)13(15)7-8-18-2)10-11-5-4-6-12(9-11)19-3/h4-6,9,13H,7-8,10,15H2,1-3H3. The van der Waals surface area contributed by atoms with Crippen LogP contribution in [0.4, 0.5) is 0 Å². The lowest BCUT2D eigenvalue weighted by molar-refractivity contribution is -0.132. The average molecular weight is 266 g/mol. The van der Waals surface area contributed by atoms with Gasteiger partial charge in [0.05, 0.1) is 13.2 Å². The van der Waals surface area contributed by atoms with Crippen molar-refractivity contribution in [2.24, 2.45) is 5.73 Å². The molecule has 19 heavy (non-hydrogen) atoms. The first-order valence-electron chi connectivity index (χ1n) is 6.21. The molecule has 0 bridgehead atoms.